The zero-order chi connectivity index (χ0) is 61.6. The molecule has 444 valence electrons. The standard InChI is InChI=1S/C30H32N6O6.C24H28N6O.C5H5ClO3.CO2/c1-6-9-24-31-26(30(3,4)39)25(28(37)40-17-23-18(2)41-29(38)42-23)36(24)16-19-12-14-20(15-13-19)21-10-7-8-11-22(21)27-32-33-34-35(27)5;1-5-8-22-25-21(24(2,3)31)16-30(22)15-17-11-13-18(14-12-17)19-9-6-7-10-20(19)23-26-27-28-29(23)4;1-3-4(2-6)9-5(7)8-3;2-1-3/h7-8,10-15,39H,6,9,16-17H2,1-5H3;6-7,9-14,16,31H,5,8,15H2,1-4H3;2H2,1H3;. The average molecular weight is 1180 g/mol. The molecule has 10 aromatic rings. The predicted octanol–water partition coefficient (Wildman–Crippen LogP) is 8.85. The lowest BCUT2D eigenvalue weighted by atomic mass is 9.98. The molecule has 2 N–H and O–H groups in total. The van der Waals surface area contributed by atoms with E-state index in [9.17, 15) is 24.6 Å². The number of imidazole rings is 2. The molecule has 0 aliphatic heterocycles. The van der Waals surface area contributed by atoms with E-state index in [0.29, 0.717) is 48.4 Å². The quantitative estimate of drug-likeness (QED) is 0.0598. The first-order valence-corrected chi connectivity index (χ1v) is 27.5. The lowest BCUT2D eigenvalue weighted by Gasteiger charge is -2.18. The van der Waals surface area contributed by atoms with E-state index >= 15 is 0 Å². The number of carbonyl (C=O) groups is 1. The fourth-order valence-corrected chi connectivity index (χ4v) is 9.21. The molecule has 0 radical (unpaired) electrons. The summed E-state index contributed by atoms with van der Waals surface area (Å²) in [6, 6.07) is 32.6. The van der Waals surface area contributed by atoms with Gasteiger partial charge in [0.1, 0.15) is 34.3 Å². The van der Waals surface area contributed by atoms with Crippen molar-refractivity contribution in [3.63, 3.8) is 0 Å². The summed E-state index contributed by atoms with van der Waals surface area (Å²) >= 11 is 5.35. The highest BCUT2D eigenvalue weighted by Crippen LogP contribution is 2.33. The maximum atomic E-state index is 13.5. The van der Waals surface area contributed by atoms with Crippen molar-refractivity contribution < 1.29 is 47.0 Å². The lowest BCUT2D eigenvalue weighted by Crippen LogP contribution is -2.23. The molecule has 6 aromatic heterocycles. The molecule has 0 aliphatic rings. The average Bonchev–Trinajstić information content (AvgIpc) is 4.36. The third-order valence-corrected chi connectivity index (χ3v) is 13.4. The van der Waals surface area contributed by atoms with Crippen LogP contribution in [-0.4, -0.2) is 81.9 Å². The Bertz CT molecular complexity index is 3990. The van der Waals surface area contributed by atoms with E-state index < -0.39 is 28.8 Å². The Hall–Kier alpha value is -9.48. The van der Waals surface area contributed by atoms with Crippen LogP contribution in [0.3, 0.4) is 0 Å². The number of hydrogen-bond donors (Lipinski definition) is 2. The van der Waals surface area contributed by atoms with Gasteiger partial charge in [-0.05, 0) is 109 Å². The first-order chi connectivity index (χ1) is 40.6. The maximum Gasteiger partial charge on any atom is 0.519 e. The Morgan fingerprint density at radius 2 is 1.09 bits per heavy atom. The van der Waals surface area contributed by atoms with Crippen molar-refractivity contribution in [2.24, 2.45) is 14.1 Å². The number of aliphatic hydroxyl groups is 2. The second kappa shape index (κ2) is 28.2. The largest absolute Gasteiger partial charge is 0.519 e. The number of rotatable bonds is 18. The van der Waals surface area contributed by atoms with E-state index in [1.54, 1.807) is 62.5 Å². The van der Waals surface area contributed by atoms with Crippen molar-refractivity contribution in [1.82, 2.24) is 59.5 Å². The second-order valence-corrected chi connectivity index (χ2v) is 20.8. The topological polar surface area (TPSA) is 310 Å². The van der Waals surface area contributed by atoms with Crippen molar-refractivity contribution in [3.8, 4) is 45.0 Å². The van der Waals surface area contributed by atoms with E-state index in [4.69, 9.17) is 34.8 Å². The van der Waals surface area contributed by atoms with Gasteiger partial charge in [0.05, 0.1) is 11.6 Å². The maximum absolute atomic E-state index is 13.5. The van der Waals surface area contributed by atoms with Crippen molar-refractivity contribution in [2.75, 3.05) is 0 Å². The first-order valence-electron chi connectivity index (χ1n) is 26.9. The summed E-state index contributed by atoms with van der Waals surface area (Å²) in [6.07, 6.45) is 5.48. The van der Waals surface area contributed by atoms with Crippen LogP contribution in [0.2, 0.25) is 0 Å². The molecule has 0 aliphatic carbocycles. The van der Waals surface area contributed by atoms with Gasteiger partial charge in [-0.15, -0.1) is 21.8 Å². The third kappa shape index (κ3) is 15.8. The summed E-state index contributed by atoms with van der Waals surface area (Å²) in [5.41, 5.74) is 6.84. The van der Waals surface area contributed by atoms with Crippen LogP contribution in [0.1, 0.15) is 122 Å². The highest BCUT2D eigenvalue weighted by molar-refractivity contribution is 6.16. The number of carbonyl (C=O) groups excluding carboxylic acids is 3. The molecule has 4 aromatic carbocycles. The number of alkyl halides is 1. The van der Waals surface area contributed by atoms with Gasteiger partial charge in [0.15, 0.2) is 41.2 Å². The lowest BCUT2D eigenvalue weighted by molar-refractivity contribution is -0.191. The predicted molar refractivity (Wildman–Crippen MR) is 308 cm³/mol. The summed E-state index contributed by atoms with van der Waals surface area (Å²) in [5, 5.41) is 45.1. The molecule has 6 heterocycles. The SMILES string of the molecule is CCCc1nc(C(C)(C)O)c(C(=O)OCc2oc(=O)oc2C)n1Cc1ccc(-c2ccccc2-c2nnnn2C)cc1.CCCc1nc(C(C)(C)O)cn1Cc1ccc(-c2ccccc2-c2nnnn2C)cc1.Cc1oc(=O)oc1CCl.O=C=O. The van der Waals surface area contributed by atoms with Gasteiger partial charge in [-0.2, -0.15) is 9.59 Å². The van der Waals surface area contributed by atoms with E-state index in [1.807, 2.05) is 86.9 Å². The molecule has 85 heavy (non-hydrogen) atoms. The molecule has 25 heteroatoms. The number of benzene rings is 4. The van der Waals surface area contributed by atoms with Gasteiger partial charge in [-0.25, -0.2) is 33.7 Å². The van der Waals surface area contributed by atoms with Crippen molar-refractivity contribution in [3.05, 3.63) is 187 Å². The molecule has 0 atom stereocenters. The van der Waals surface area contributed by atoms with E-state index in [1.165, 1.54) is 5.56 Å². The van der Waals surface area contributed by atoms with Crippen LogP contribution in [0, 0.1) is 13.8 Å². The molecule has 0 saturated heterocycles. The van der Waals surface area contributed by atoms with Gasteiger partial charge in [-0.3, -0.25) is 0 Å². The minimum atomic E-state index is -1.41. The van der Waals surface area contributed by atoms with Crippen LogP contribution in [-0.2, 0) is 78.0 Å². The molecule has 0 amide bonds. The Balaban J connectivity index is 0.000000210. The number of ether oxygens (including phenoxy) is 1. The Kier molecular flexibility index (Phi) is 20.9. The molecular formula is C60H65ClN12O12. The molecule has 24 nitrogen and oxygen atoms in total. The van der Waals surface area contributed by atoms with Gasteiger partial charge in [0.2, 0.25) is 0 Å². The summed E-state index contributed by atoms with van der Waals surface area (Å²) in [4.78, 5) is 60.8. The van der Waals surface area contributed by atoms with Gasteiger partial charge >= 0.3 is 23.8 Å². The minimum Gasteiger partial charge on any atom is -0.453 e. The zero-order valence-electron chi connectivity index (χ0n) is 48.7. The fourth-order valence-electron chi connectivity index (χ4n) is 8.96. The molecule has 0 saturated carbocycles. The van der Waals surface area contributed by atoms with Crippen molar-refractivity contribution in [1.29, 1.82) is 0 Å². The van der Waals surface area contributed by atoms with Crippen molar-refractivity contribution in [2.45, 2.75) is 118 Å². The van der Waals surface area contributed by atoms with Gasteiger partial charge in [-0.1, -0.05) is 111 Å². The number of tetrazole rings is 2. The van der Waals surface area contributed by atoms with Gasteiger partial charge in [0.25, 0.3) is 0 Å². The summed E-state index contributed by atoms with van der Waals surface area (Å²) in [6.45, 7) is 14.8. The molecular weight excluding hydrogens is 1120 g/mol. The highest BCUT2D eigenvalue weighted by atomic mass is 35.5. The van der Waals surface area contributed by atoms with Crippen LogP contribution < -0.4 is 11.6 Å². The Labute approximate surface area is 492 Å². The summed E-state index contributed by atoms with van der Waals surface area (Å²) in [7, 11) is 3.64. The molecule has 0 unspecified atom stereocenters. The van der Waals surface area contributed by atoms with E-state index in [0.717, 1.165) is 69.9 Å². The monoisotopic (exact) mass is 1180 g/mol. The molecule has 0 bridgehead atoms. The number of aryl methyl sites for hydroxylation is 6. The van der Waals surface area contributed by atoms with Crippen LogP contribution >= 0.6 is 11.6 Å². The van der Waals surface area contributed by atoms with Crippen LogP contribution in [0.4, 0.5) is 0 Å². The fraction of sp³-hybridized carbons (Fsp3) is 0.333. The summed E-state index contributed by atoms with van der Waals surface area (Å²) in [5.74, 6) is 2.17. The second-order valence-electron chi connectivity index (χ2n) is 20.5. The Morgan fingerprint density at radius 1 is 0.635 bits per heavy atom. The third-order valence-electron chi connectivity index (χ3n) is 13.2. The normalized spacial score (nSPS) is 11.2. The number of esters is 1. The van der Waals surface area contributed by atoms with Crippen LogP contribution in [0.25, 0.3) is 45.0 Å². The van der Waals surface area contributed by atoms with Crippen LogP contribution in [0.5, 0.6) is 0 Å². The van der Waals surface area contributed by atoms with E-state index in [2.05, 4.69) is 91.7 Å². The van der Waals surface area contributed by atoms with Gasteiger partial charge < -0.3 is 41.8 Å². The molecule has 10 rings (SSSR count). The Morgan fingerprint density at radius 3 is 1.49 bits per heavy atom. The highest BCUT2D eigenvalue weighted by Gasteiger charge is 2.33. The number of halogens is 1. The first kappa shape index (κ1) is 63.1. The number of nitrogens with zero attached hydrogens (tertiary/aromatic N) is 12. The summed E-state index contributed by atoms with van der Waals surface area (Å²) < 4.78 is 31.6. The van der Waals surface area contributed by atoms with Gasteiger partial charge in [0, 0.05) is 57.4 Å². The molecule has 0 fully saturated rings. The zero-order valence-corrected chi connectivity index (χ0v) is 49.4. The van der Waals surface area contributed by atoms with E-state index in [-0.39, 0.29) is 41.5 Å². The van der Waals surface area contributed by atoms with Crippen molar-refractivity contribution >= 4 is 23.7 Å². The van der Waals surface area contributed by atoms with Crippen LogP contribution in [0.15, 0.2) is 131 Å². The number of aromatic nitrogens is 12. The number of hydrogen-bond acceptors (Lipinski definition) is 20. The minimum absolute atomic E-state index is 0.117. The smallest absolute Gasteiger partial charge is 0.453 e. The molecule has 0 spiro atoms.